The van der Waals surface area contributed by atoms with Gasteiger partial charge in [-0.15, -0.1) is 0 Å². The molecule has 5 aliphatic rings. The van der Waals surface area contributed by atoms with E-state index in [1.54, 1.807) is 30.3 Å². The minimum Gasteiger partial charge on any atom is -0.489 e. The molecule has 2 saturated carbocycles. The number of carbonyl (C=O) groups excluding carboxylic acids is 5. The summed E-state index contributed by atoms with van der Waals surface area (Å²) in [7, 11) is 0. The van der Waals surface area contributed by atoms with Gasteiger partial charge in [-0.1, -0.05) is 39.3 Å². The van der Waals surface area contributed by atoms with E-state index in [1.807, 2.05) is 30.3 Å². The van der Waals surface area contributed by atoms with Crippen LogP contribution in [0.15, 0.2) is 60.7 Å². The van der Waals surface area contributed by atoms with Gasteiger partial charge < -0.3 is 20.3 Å². The number of halogens is 1. The first-order valence-corrected chi connectivity index (χ1v) is 20.6. The number of nitrogens with zero attached hydrogens (tertiary/aromatic N) is 3. The topological polar surface area (TPSA) is 161 Å². The first-order chi connectivity index (χ1) is 27.6. The molecule has 1 unspecified atom stereocenters. The van der Waals surface area contributed by atoms with Crippen molar-refractivity contribution in [2.75, 3.05) is 23.3 Å². The third-order valence-electron chi connectivity index (χ3n) is 13.6. The molecule has 13 heteroatoms. The first-order valence-electron chi connectivity index (χ1n) is 20.2. The predicted octanol–water partition coefficient (Wildman–Crippen LogP) is 6.87. The van der Waals surface area contributed by atoms with Gasteiger partial charge in [0, 0.05) is 65.4 Å². The number of piperidine rings is 2. The Morgan fingerprint density at radius 1 is 0.862 bits per heavy atom. The van der Waals surface area contributed by atoms with Gasteiger partial charge in [-0.05, 0) is 105 Å². The fourth-order valence-electron chi connectivity index (χ4n) is 10.5. The van der Waals surface area contributed by atoms with Crippen LogP contribution in [0.3, 0.4) is 0 Å². The van der Waals surface area contributed by atoms with Gasteiger partial charge in [0.25, 0.3) is 17.7 Å². The summed E-state index contributed by atoms with van der Waals surface area (Å²) in [5.41, 5.74) is 3.05. The summed E-state index contributed by atoms with van der Waals surface area (Å²) in [5.74, 6) is -1.51. The number of anilines is 2. The molecule has 1 spiro atoms. The molecular formula is C45H49ClN6O6. The van der Waals surface area contributed by atoms with Crippen LogP contribution in [0.1, 0.15) is 116 Å². The molecule has 1 atom stereocenters. The number of imide groups is 2. The fourth-order valence-corrected chi connectivity index (χ4v) is 10.7. The summed E-state index contributed by atoms with van der Waals surface area (Å²) < 4.78 is 6.38. The second-order valence-corrected chi connectivity index (χ2v) is 18.4. The maximum Gasteiger partial charge on any atom is 0.262 e. The van der Waals surface area contributed by atoms with E-state index >= 15 is 0 Å². The molecule has 0 radical (unpaired) electrons. The van der Waals surface area contributed by atoms with Gasteiger partial charge in [0.1, 0.15) is 24.0 Å². The van der Waals surface area contributed by atoms with Gasteiger partial charge in [0.15, 0.2) is 0 Å². The number of ether oxygens (including phenoxy) is 1. The molecule has 3 heterocycles. The van der Waals surface area contributed by atoms with Gasteiger partial charge in [-0.25, -0.2) is 0 Å². The van der Waals surface area contributed by atoms with Crippen molar-refractivity contribution >= 4 is 52.5 Å². The Balaban J connectivity index is 0.811. The third kappa shape index (κ3) is 6.97. The standard InChI is InChI=1S/C45H49ClN6O6/c1-43(2)41(44(3,4)42(43)58-31-11-7-27(25-47)34(46)24-31)50-37(54)26-5-8-28(9-6-26)48-29-15-17-45(18-16-29)19-21-51(22-20-45)30-10-12-32-33(23-30)40(57)52(39(32)56)35-13-14-36(53)49-38(35)55/h5-12,23-24,29,35,41-42,48H,13-22H2,1-4H3,(H,50,54)(H,49,53,55)/t35?,41-,42-. The molecule has 0 aromatic heterocycles. The van der Waals surface area contributed by atoms with Crippen LogP contribution >= 0.6 is 11.6 Å². The Bertz CT molecular complexity index is 2210. The van der Waals surface area contributed by atoms with Crippen molar-refractivity contribution in [3.8, 4) is 11.8 Å². The van der Waals surface area contributed by atoms with Crippen LogP contribution in [0.25, 0.3) is 0 Å². The number of benzene rings is 3. The maximum absolute atomic E-state index is 13.5. The van der Waals surface area contributed by atoms with Crippen molar-refractivity contribution in [2.45, 2.75) is 103 Å². The smallest absolute Gasteiger partial charge is 0.262 e. The molecule has 12 nitrogen and oxygen atoms in total. The van der Waals surface area contributed by atoms with Crippen molar-refractivity contribution in [2.24, 2.45) is 16.2 Å². The molecule has 3 aromatic carbocycles. The van der Waals surface area contributed by atoms with Crippen LogP contribution in [0, 0.1) is 27.6 Å². The largest absolute Gasteiger partial charge is 0.489 e. The Labute approximate surface area is 343 Å². The van der Waals surface area contributed by atoms with Gasteiger partial charge in [-0.3, -0.25) is 34.2 Å². The van der Waals surface area contributed by atoms with Crippen LogP contribution < -0.4 is 25.6 Å². The SMILES string of the molecule is CC1(C)[C@H](NC(=O)c2ccc(NC3CCC4(CC3)CCN(c3ccc5c(c3)C(=O)N(C3CCC(=O)NC3=O)C5=O)CC4)cc2)C(C)(C)[C@H]1Oc1ccc(C#N)c(Cl)c1. The third-order valence-corrected chi connectivity index (χ3v) is 13.9. The quantitative estimate of drug-likeness (QED) is 0.207. The zero-order valence-electron chi connectivity index (χ0n) is 33.3. The average molecular weight is 805 g/mol. The zero-order valence-corrected chi connectivity index (χ0v) is 34.1. The maximum atomic E-state index is 13.5. The number of nitrogens with one attached hydrogen (secondary N) is 3. The lowest BCUT2D eigenvalue weighted by molar-refractivity contribution is -0.164. The van der Waals surface area contributed by atoms with E-state index < -0.39 is 29.7 Å². The molecule has 2 saturated heterocycles. The molecule has 58 heavy (non-hydrogen) atoms. The first kappa shape index (κ1) is 39.4. The van der Waals surface area contributed by atoms with Gasteiger partial charge in [-0.2, -0.15) is 5.26 Å². The molecule has 0 bridgehead atoms. The highest BCUT2D eigenvalue weighted by Crippen LogP contribution is 2.56. The van der Waals surface area contributed by atoms with E-state index in [2.05, 4.69) is 54.6 Å². The second kappa shape index (κ2) is 14.8. The predicted molar refractivity (Wildman–Crippen MR) is 219 cm³/mol. The number of hydrogen-bond donors (Lipinski definition) is 3. The molecule has 3 aliphatic heterocycles. The normalized spacial score (nSPS) is 24.7. The fraction of sp³-hybridized carbons (Fsp3) is 0.467. The van der Waals surface area contributed by atoms with Crippen LogP contribution in [0.5, 0.6) is 5.75 Å². The molecule has 3 N–H and O–H groups in total. The Hall–Kier alpha value is -5.41. The summed E-state index contributed by atoms with van der Waals surface area (Å²) in [5, 5.41) is 18.8. The molecule has 302 valence electrons. The Morgan fingerprint density at radius 3 is 2.17 bits per heavy atom. The Morgan fingerprint density at radius 2 is 1.53 bits per heavy atom. The molecule has 8 rings (SSSR count). The van der Waals surface area contributed by atoms with Crippen LogP contribution in [0.2, 0.25) is 5.02 Å². The average Bonchev–Trinajstić information content (AvgIpc) is 3.45. The number of hydrogen-bond acceptors (Lipinski definition) is 9. The van der Waals surface area contributed by atoms with Crippen molar-refractivity contribution in [1.29, 1.82) is 5.26 Å². The zero-order chi connectivity index (χ0) is 41.1. The monoisotopic (exact) mass is 804 g/mol. The number of fused-ring (bicyclic) bond motifs is 1. The van der Waals surface area contributed by atoms with Gasteiger partial charge in [0.2, 0.25) is 11.8 Å². The number of carbonyl (C=O) groups is 5. The highest BCUT2D eigenvalue weighted by atomic mass is 35.5. The van der Waals surface area contributed by atoms with Crippen molar-refractivity contribution in [3.05, 3.63) is 87.9 Å². The summed E-state index contributed by atoms with van der Waals surface area (Å²) in [6, 6.07) is 19.5. The molecular weight excluding hydrogens is 756 g/mol. The van der Waals surface area contributed by atoms with E-state index in [0.29, 0.717) is 39.1 Å². The second-order valence-electron chi connectivity index (χ2n) is 18.0. The summed E-state index contributed by atoms with van der Waals surface area (Å²) in [4.78, 5) is 67.4. The molecule has 3 aromatic rings. The summed E-state index contributed by atoms with van der Waals surface area (Å²) in [6.45, 7) is 10.1. The number of amides is 5. The van der Waals surface area contributed by atoms with E-state index in [1.165, 1.54) is 0 Å². The highest BCUT2D eigenvalue weighted by Gasteiger charge is 2.64. The van der Waals surface area contributed by atoms with E-state index in [9.17, 15) is 29.2 Å². The lowest BCUT2D eigenvalue weighted by Crippen LogP contribution is -2.74. The van der Waals surface area contributed by atoms with Crippen LogP contribution in [0.4, 0.5) is 11.4 Å². The number of nitriles is 1. The van der Waals surface area contributed by atoms with Crippen molar-refractivity contribution in [1.82, 2.24) is 15.5 Å². The molecule has 4 fully saturated rings. The minimum absolute atomic E-state index is 0.0902. The van der Waals surface area contributed by atoms with E-state index in [4.69, 9.17) is 16.3 Å². The lowest BCUT2D eigenvalue weighted by atomic mass is 9.49. The van der Waals surface area contributed by atoms with Crippen molar-refractivity contribution in [3.63, 3.8) is 0 Å². The number of rotatable bonds is 8. The minimum atomic E-state index is -0.975. The molecule has 2 aliphatic carbocycles. The van der Waals surface area contributed by atoms with Crippen LogP contribution in [-0.2, 0) is 9.59 Å². The van der Waals surface area contributed by atoms with Gasteiger partial charge in [0.05, 0.1) is 21.7 Å². The lowest BCUT2D eigenvalue weighted by Gasteiger charge is -2.63. The van der Waals surface area contributed by atoms with Gasteiger partial charge >= 0.3 is 0 Å². The Kier molecular flexibility index (Phi) is 10.0. The summed E-state index contributed by atoms with van der Waals surface area (Å²) in [6.07, 6.45) is 6.47. The van der Waals surface area contributed by atoms with Crippen LogP contribution in [-0.4, -0.2) is 71.8 Å². The highest BCUT2D eigenvalue weighted by molar-refractivity contribution is 6.31. The van der Waals surface area contributed by atoms with E-state index in [0.717, 1.165) is 67.9 Å². The van der Waals surface area contributed by atoms with E-state index in [-0.39, 0.29) is 47.1 Å². The molecule has 5 amide bonds. The van der Waals surface area contributed by atoms with Crippen molar-refractivity contribution < 1.29 is 28.7 Å². The summed E-state index contributed by atoms with van der Waals surface area (Å²) >= 11 is 6.25.